The molecule has 0 saturated carbocycles. The van der Waals surface area contributed by atoms with E-state index in [2.05, 4.69) is 57.2 Å². The van der Waals surface area contributed by atoms with Crippen LogP contribution in [0.1, 0.15) is 265 Å². The van der Waals surface area contributed by atoms with Gasteiger partial charge in [0.15, 0.2) is 6.10 Å². The van der Waals surface area contributed by atoms with E-state index in [4.69, 9.17) is 14.2 Å². The number of rotatable bonds is 46. The summed E-state index contributed by atoms with van der Waals surface area (Å²) in [6.45, 7) is 6.58. The largest absolute Gasteiger partial charge is 0.462 e. The Hall–Kier alpha value is -2.37. The second kappa shape index (κ2) is 48.3. The number of ether oxygens (including phenoxy) is 3. The average Bonchev–Trinajstić information content (AvgIpc) is 3.23. The van der Waals surface area contributed by atoms with Crippen molar-refractivity contribution in [3.8, 4) is 0 Å². The molecule has 0 N–H and O–H groups in total. The molecule has 0 saturated heterocycles. The lowest BCUT2D eigenvalue weighted by Gasteiger charge is -2.18. The first-order chi connectivity index (χ1) is 29.0. The van der Waals surface area contributed by atoms with Crippen molar-refractivity contribution in [3.63, 3.8) is 0 Å². The molecule has 0 radical (unpaired) electrons. The third-order valence-electron chi connectivity index (χ3n) is 11.1. The maximum Gasteiger partial charge on any atom is 0.306 e. The van der Waals surface area contributed by atoms with Gasteiger partial charge in [0.25, 0.3) is 0 Å². The van der Waals surface area contributed by atoms with Gasteiger partial charge in [0.1, 0.15) is 13.2 Å². The number of carbonyl (C=O) groups is 3. The predicted octanol–water partition coefficient (Wildman–Crippen LogP) is 16.5. The average molecular weight is 829 g/mol. The molecule has 59 heavy (non-hydrogen) atoms. The summed E-state index contributed by atoms with van der Waals surface area (Å²) in [4.78, 5) is 37.8. The van der Waals surface area contributed by atoms with Gasteiger partial charge < -0.3 is 14.2 Å². The van der Waals surface area contributed by atoms with E-state index in [0.717, 1.165) is 70.6 Å². The minimum absolute atomic E-state index is 0.0744. The Morgan fingerprint density at radius 3 is 1.00 bits per heavy atom. The van der Waals surface area contributed by atoms with Crippen LogP contribution in [0.25, 0.3) is 0 Å². The van der Waals surface area contributed by atoms with Gasteiger partial charge in [-0.2, -0.15) is 0 Å². The quantitative estimate of drug-likeness (QED) is 0.0263. The molecule has 1 atom stereocenters. The summed E-state index contributed by atoms with van der Waals surface area (Å²) in [5.41, 5.74) is 0. The first-order valence-electron chi connectivity index (χ1n) is 25.5. The SMILES string of the molecule is CCCCC/C=C\C/C=C\CCCCCCCCCCCC(=O)OC[C@@H](COC(=O)CCCCCCCCCCC)OC(=O)CCCCCCC/C=C\CCCCCC. The molecule has 6 nitrogen and oxygen atoms in total. The molecule has 0 unspecified atom stereocenters. The van der Waals surface area contributed by atoms with Crippen LogP contribution >= 0.6 is 0 Å². The second-order valence-electron chi connectivity index (χ2n) is 17.1. The van der Waals surface area contributed by atoms with Crippen molar-refractivity contribution in [2.45, 2.75) is 271 Å². The molecular weight excluding hydrogens is 733 g/mol. The van der Waals surface area contributed by atoms with Crippen LogP contribution in [0.3, 0.4) is 0 Å². The zero-order chi connectivity index (χ0) is 43.0. The molecule has 0 aliphatic rings. The highest BCUT2D eigenvalue weighted by molar-refractivity contribution is 5.71. The van der Waals surface area contributed by atoms with Crippen molar-refractivity contribution in [3.05, 3.63) is 36.5 Å². The van der Waals surface area contributed by atoms with Crippen molar-refractivity contribution >= 4 is 17.9 Å². The molecule has 0 amide bonds. The summed E-state index contributed by atoms with van der Waals surface area (Å²) in [6.07, 6.45) is 55.6. The minimum atomic E-state index is -0.773. The highest BCUT2D eigenvalue weighted by Crippen LogP contribution is 2.15. The molecular formula is C53H96O6. The second-order valence-corrected chi connectivity index (χ2v) is 17.1. The number of allylic oxidation sites excluding steroid dienone is 6. The summed E-state index contributed by atoms with van der Waals surface area (Å²) < 4.78 is 16.7. The van der Waals surface area contributed by atoms with Crippen LogP contribution < -0.4 is 0 Å². The molecule has 0 aliphatic carbocycles. The molecule has 0 heterocycles. The molecule has 0 aromatic heterocycles. The van der Waals surface area contributed by atoms with Crippen LogP contribution in [0.2, 0.25) is 0 Å². The zero-order valence-electron chi connectivity index (χ0n) is 39.3. The highest BCUT2D eigenvalue weighted by atomic mass is 16.6. The van der Waals surface area contributed by atoms with Crippen molar-refractivity contribution in [1.82, 2.24) is 0 Å². The Labute approximate surface area is 365 Å². The first kappa shape index (κ1) is 56.6. The van der Waals surface area contributed by atoms with Gasteiger partial charge in [-0.15, -0.1) is 0 Å². The molecule has 0 aromatic rings. The molecule has 0 aromatic carbocycles. The number of carbonyl (C=O) groups excluding carboxylic acids is 3. The fraction of sp³-hybridized carbons (Fsp3) is 0.830. The van der Waals surface area contributed by atoms with E-state index in [0.29, 0.717) is 19.3 Å². The summed E-state index contributed by atoms with van der Waals surface area (Å²) in [7, 11) is 0. The molecule has 0 rings (SSSR count). The first-order valence-corrected chi connectivity index (χ1v) is 25.5. The van der Waals surface area contributed by atoms with E-state index >= 15 is 0 Å². The standard InChI is InChI=1S/C53H96O6/c1-4-7-10-13-16-19-21-23-24-25-26-27-28-30-31-34-37-40-43-46-52(55)58-49-50(48-57-51(54)45-42-39-36-33-18-15-12-9-6-3)59-53(56)47-44-41-38-35-32-29-22-20-17-14-11-8-5-2/h16,19-20,22-24,50H,4-15,17-18,21,25-49H2,1-3H3/b19-16-,22-20-,24-23-/t50-/m1/s1. The van der Waals surface area contributed by atoms with Gasteiger partial charge in [0.2, 0.25) is 0 Å². The third-order valence-corrected chi connectivity index (χ3v) is 11.1. The van der Waals surface area contributed by atoms with Gasteiger partial charge in [-0.1, -0.05) is 205 Å². The Morgan fingerprint density at radius 2 is 0.610 bits per heavy atom. The van der Waals surface area contributed by atoms with Crippen molar-refractivity contribution in [1.29, 1.82) is 0 Å². The maximum absolute atomic E-state index is 12.7. The normalized spacial score (nSPS) is 12.3. The molecule has 0 bridgehead atoms. The van der Waals surface area contributed by atoms with E-state index in [-0.39, 0.29) is 31.1 Å². The van der Waals surface area contributed by atoms with Gasteiger partial charge in [-0.25, -0.2) is 0 Å². The van der Waals surface area contributed by atoms with Crippen LogP contribution in [-0.4, -0.2) is 37.2 Å². The van der Waals surface area contributed by atoms with Crippen LogP contribution in [0.5, 0.6) is 0 Å². The number of hydrogen-bond donors (Lipinski definition) is 0. The van der Waals surface area contributed by atoms with Crippen molar-refractivity contribution in [2.24, 2.45) is 0 Å². The molecule has 0 aliphatic heterocycles. The van der Waals surface area contributed by atoms with Crippen molar-refractivity contribution in [2.75, 3.05) is 13.2 Å². The smallest absolute Gasteiger partial charge is 0.306 e. The van der Waals surface area contributed by atoms with Gasteiger partial charge in [-0.05, 0) is 77.0 Å². The van der Waals surface area contributed by atoms with Crippen molar-refractivity contribution < 1.29 is 28.6 Å². The molecule has 0 fully saturated rings. The van der Waals surface area contributed by atoms with Crippen LogP contribution in [-0.2, 0) is 28.6 Å². The monoisotopic (exact) mass is 829 g/mol. The zero-order valence-corrected chi connectivity index (χ0v) is 39.3. The Balaban J connectivity index is 4.29. The summed E-state index contributed by atoms with van der Waals surface area (Å²) in [5, 5.41) is 0. The lowest BCUT2D eigenvalue weighted by molar-refractivity contribution is -0.167. The Bertz CT molecular complexity index is 1000. The minimum Gasteiger partial charge on any atom is -0.462 e. The van der Waals surface area contributed by atoms with Gasteiger partial charge >= 0.3 is 17.9 Å². The van der Waals surface area contributed by atoms with E-state index in [1.807, 2.05) is 0 Å². The number of hydrogen-bond acceptors (Lipinski definition) is 6. The van der Waals surface area contributed by atoms with Gasteiger partial charge in [0.05, 0.1) is 0 Å². The van der Waals surface area contributed by atoms with Crippen LogP contribution in [0.15, 0.2) is 36.5 Å². The number of unbranched alkanes of at least 4 members (excludes halogenated alkanes) is 29. The molecule has 344 valence electrons. The predicted molar refractivity (Wildman–Crippen MR) is 252 cm³/mol. The highest BCUT2D eigenvalue weighted by Gasteiger charge is 2.19. The molecule has 0 spiro atoms. The van der Waals surface area contributed by atoms with E-state index in [9.17, 15) is 14.4 Å². The van der Waals surface area contributed by atoms with Crippen LogP contribution in [0, 0.1) is 0 Å². The fourth-order valence-corrected chi connectivity index (χ4v) is 7.23. The lowest BCUT2D eigenvalue weighted by atomic mass is 10.1. The van der Waals surface area contributed by atoms with Gasteiger partial charge in [-0.3, -0.25) is 14.4 Å². The third kappa shape index (κ3) is 46.5. The van der Waals surface area contributed by atoms with E-state index in [1.54, 1.807) is 0 Å². The summed E-state index contributed by atoms with van der Waals surface area (Å²) in [5.74, 6) is -0.883. The Morgan fingerprint density at radius 1 is 0.339 bits per heavy atom. The van der Waals surface area contributed by atoms with Gasteiger partial charge in [0, 0.05) is 19.3 Å². The topological polar surface area (TPSA) is 78.9 Å². The van der Waals surface area contributed by atoms with E-state index < -0.39 is 6.10 Å². The summed E-state index contributed by atoms with van der Waals surface area (Å²) >= 11 is 0. The Kier molecular flexibility index (Phi) is 46.4. The molecule has 6 heteroatoms. The summed E-state index contributed by atoms with van der Waals surface area (Å²) in [6, 6.07) is 0. The lowest BCUT2D eigenvalue weighted by Crippen LogP contribution is -2.30. The van der Waals surface area contributed by atoms with E-state index in [1.165, 1.54) is 154 Å². The van der Waals surface area contributed by atoms with Crippen LogP contribution in [0.4, 0.5) is 0 Å². The maximum atomic E-state index is 12.7. The fourth-order valence-electron chi connectivity index (χ4n) is 7.23. The number of esters is 3.